The van der Waals surface area contributed by atoms with E-state index in [1.165, 1.54) is 7.11 Å². The largest absolute Gasteiger partial charge is 0.496 e. The molecule has 0 N–H and O–H groups in total. The van der Waals surface area contributed by atoms with E-state index in [1.54, 1.807) is 34.1 Å². The van der Waals surface area contributed by atoms with Crippen molar-refractivity contribution in [3.05, 3.63) is 68.0 Å². The second-order valence-corrected chi connectivity index (χ2v) is 8.39. The first-order valence-electron chi connectivity index (χ1n) is 9.98. The number of piperazine rings is 1. The lowest BCUT2D eigenvalue weighted by Crippen LogP contribution is -2.49. The van der Waals surface area contributed by atoms with Gasteiger partial charge in [-0.1, -0.05) is 23.5 Å². The number of benzene rings is 2. The molecule has 2 heterocycles. The molecule has 0 atom stereocenters. The number of nitro groups is 1. The average molecular weight is 494 g/mol. The third-order valence-corrected chi connectivity index (χ3v) is 6.55. The average Bonchev–Trinajstić information content (AvgIpc) is 2.82. The minimum Gasteiger partial charge on any atom is -0.496 e. The molecule has 9 nitrogen and oxygen atoms in total. The van der Waals surface area contributed by atoms with Gasteiger partial charge in [0, 0.05) is 32.2 Å². The monoisotopic (exact) mass is 494 g/mol. The molecule has 0 spiro atoms. The zero-order valence-corrected chi connectivity index (χ0v) is 18.5. The molecule has 178 valence electrons. The highest BCUT2D eigenvalue weighted by atomic mass is 32.1. The van der Waals surface area contributed by atoms with E-state index in [0.717, 1.165) is 11.3 Å². The van der Waals surface area contributed by atoms with Gasteiger partial charge in [0.05, 0.1) is 28.5 Å². The summed E-state index contributed by atoms with van der Waals surface area (Å²) in [6.07, 6.45) is -4.85. The molecule has 0 aliphatic carbocycles. The molecule has 2 aromatic carbocycles. The highest BCUT2D eigenvalue weighted by Crippen LogP contribution is 2.38. The van der Waals surface area contributed by atoms with Gasteiger partial charge in [0.2, 0.25) is 0 Å². The van der Waals surface area contributed by atoms with Crippen molar-refractivity contribution in [1.29, 1.82) is 0 Å². The number of alkyl halides is 3. The van der Waals surface area contributed by atoms with Gasteiger partial charge in [0.15, 0.2) is 5.13 Å². The van der Waals surface area contributed by atoms with Crippen molar-refractivity contribution in [3.8, 4) is 5.75 Å². The Bertz CT molecular complexity index is 1340. The Kier molecular flexibility index (Phi) is 6.13. The van der Waals surface area contributed by atoms with Crippen LogP contribution < -0.4 is 15.2 Å². The van der Waals surface area contributed by atoms with Gasteiger partial charge in [-0.05, 0) is 18.2 Å². The maximum absolute atomic E-state index is 13.1. The van der Waals surface area contributed by atoms with Crippen molar-refractivity contribution in [3.63, 3.8) is 0 Å². The number of carbonyl (C=O) groups is 1. The smallest absolute Gasteiger partial charge is 0.416 e. The van der Waals surface area contributed by atoms with Crippen molar-refractivity contribution >= 4 is 38.1 Å². The summed E-state index contributed by atoms with van der Waals surface area (Å²) in [5, 5.41) is 11.1. The number of aromatic nitrogens is 1. The Morgan fingerprint density at radius 3 is 2.47 bits per heavy atom. The molecule has 34 heavy (non-hydrogen) atoms. The number of amides is 1. The second-order valence-electron chi connectivity index (χ2n) is 7.41. The normalized spacial score (nSPS) is 14.4. The molecule has 3 aromatic rings. The zero-order valence-electron chi connectivity index (χ0n) is 17.7. The first kappa shape index (κ1) is 23.4. The van der Waals surface area contributed by atoms with E-state index >= 15 is 0 Å². The van der Waals surface area contributed by atoms with Crippen molar-refractivity contribution in [2.24, 2.45) is 0 Å². The maximum Gasteiger partial charge on any atom is 0.416 e. The second kappa shape index (κ2) is 8.89. The van der Waals surface area contributed by atoms with Crippen LogP contribution in [0.2, 0.25) is 0 Å². The van der Waals surface area contributed by atoms with E-state index in [0.29, 0.717) is 23.4 Å². The number of ether oxygens (including phenoxy) is 1. The van der Waals surface area contributed by atoms with Crippen LogP contribution >= 0.6 is 11.3 Å². The summed E-state index contributed by atoms with van der Waals surface area (Å²) in [6.45, 7) is 1.13. The van der Waals surface area contributed by atoms with Crippen LogP contribution in [0.5, 0.6) is 5.75 Å². The molecule has 1 aliphatic rings. The van der Waals surface area contributed by atoms with Gasteiger partial charge in [0.25, 0.3) is 17.2 Å². The van der Waals surface area contributed by atoms with Crippen LogP contribution in [0.25, 0.3) is 10.1 Å². The number of carbonyl (C=O) groups excluding carboxylic acids is 1. The molecule has 0 radical (unpaired) electrons. The number of hydrogen-bond acceptors (Lipinski definition) is 8. The van der Waals surface area contributed by atoms with Gasteiger partial charge in [-0.3, -0.25) is 19.7 Å². The van der Waals surface area contributed by atoms with Gasteiger partial charge >= 0.3 is 6.18 Å². The minimum atomic E-state index is -4.85. The molecule has 1 aliphatic heterocycles. The zero-order chi connectivity index (χ0) is 24.6. The number of rotatable bonds is 4. The van der Waals surface area contributed by atoms with Gasteiger partial charge in [0.1, 0.15) is 10.4 Å². The van der Waals surface area contributed by atoms with Crippen LogP contribution in [0, 0.1) is 10.1 Å². The van der Waals surface area contributed by atoms with Crippen molar-refractivity contribution < 1.29 is 27.6 Å². The lowest BCUT2D eigenvalue weighted by molar-refractivity contribution is -0.383. The number of nitrogens with zero attached hydrogens (tertiary/aromatic N) is 4. The van der Waals surface area contributed by atoms with Crippen molar-refractivity contribution in [2.45, 2.75) is 6.18 Å². The van der Waals surface area contributed by atoms with E-state index in [1.807, 2.05) is 0 Å². The molecule has 0 bridgehead atoms. The molecule has 0 saturated carbocycles. The van der Waals surface area contributed by atoms with Crippen LogP contribution in [0.4, 0.5) is 24.0 Å². The molecule has 1 fully saturated rings. The number of para-hydroxylation sites is 1. The third kappa shape index (κ3) is 4.38. The summed E-state index contributed by atoms with van der Waals surface area (Å²) in [7, 11) is 1.47. The SMILES string of the molecule is COc1ccccc1C(=O)N1CCN(c2nc(=O)c3cc(C(F)(F)F)cc([N+](=O)[O-])c3s2)CC1. The molecular weight excluding hydrogens is 477 g/mol. The highest BCUT2D eigenvalue weighted by molar-refractivity contribution is 7.22. The fourth-order valence-corrected chi connectivity index (χ4v) is 4.78. The number of halogens is 3. The number of methoxy groups -OCH3 is 1. The van der Waals surface area contributed by atoms with Crippen molar-refractivity contribution in [2.75, 3.05) is 38.2 Å². The van der Waals surface area contributed by atoms with Crippen LogP contribution in [0.3, 0.4) is 0 Å². The first-order chi connectivity index (χ1) is 16.1. The topological polar surface area (TPSA) is 106 Å². The quantitative estimate of drug-likeness (QED) is 0.403. The molecule has 13 heteroatoms. The minimum absolute atomic E-state index is 0.143. The number of fused-ring (bicyclic) bond motifs is 1. The van der Waals surface area contributed by atoms with Crippen LogP contribution in [0.15, 0.2) is 41.2 Å². The first-order valence-corrected chi connectivity index (χ1v) is 10.8. The summed E-state index contributed by atoms with van der Waals surface area (Å²) >= 11 is 0.776. The molecule has 4 rings (SSSR count). The predicted molar refractivity (Wildman–Crippen MR) is 119 cm³/mol. The Morgan fingerprint density at radius 1 is 1.18 bits per heavy atom. The lowest BCUT2D eigenvalue weighted by atomic mass is 10.1. The Labute approximate surface area is 194 Å². The summed E-state index contributed by atoms with van der Waals surface area (Å²) in [4.78, 5) is 43.1. The third-order valence-electron chi connectivity index (χ3n) is 5.39. The standard InChI is InChI=1S/C21H17F3N4O5S/c1-33-16-5-3-2-4-13(16)19(30)26-6-8-27(9-7-26)20-25-18(29)14-10-12(21(22,23)24)11-15(28(31)32)17(14)34-20/h2-5,10-11H,6-9H2,1H3. The summed E-state index contributed by atoms with van der Waals surface area (Å²) < 4.78 is 44.5. The Balaban J connectivity index is 1.62. The number of non-ortho nitro benzene ring substituents is 1. The van der Waals surface area contributed by atoms with Gasteiger partial charge < -0.3 is 14.5 Å². The van der Waals surface area contributed by atoms with Gasteiger partial charge in [-0.25, -0.2) is 0 Å². The van der Waals surface area contributed by atoms with Gasteiger partial charge in [-0.15, -0.1) is 0 Å². The molecule has 1 amide bonds. The summed E-state index contributed by atoms with van der Waals surface area (Å²) in [6, 6.07) is 7.81. The van der Waals surface area contributed by atoms with Crippen LogP contribution in [-0.4, -0.2) is 54.0 Å². The molecular formula is C21H17F3N4O5S. The Hall–Kier alpha value is -3.74. The Morgan fingerprint density at radius 2 is 1.85 bits per heavy atom. The fourth-order valence-electron chi connectivity index (χ4n) is 3.67. The number of hydrogen-bond donors (Lipinski definition) is 0. The summed E-state index contributed by atoms with van der Waals surface area (Å²) in [5.41, 5.74) is -2.66. The van der Waals surface area contributed by atoms with E-state index in [4.69, 9.17) is 4.74 Å². The fraction of sp³-hybridized carbons (Fsp3) is 0.286. The van der Waals surface area contributed by atoms with Crippen LogP contribution in [-0.2, 0) is 6.18 Å². The van der Waals surface area contributed by atoms with Crippen LogP contribution in [0.1, 0.15) is 15.9 Å². The molecule has 1 aromatic heterocycles. The molecule has 1 saturated heterocycles. The van der Waals surface area contributed by atoms with E-state index in [-0.39, 0.29) is 41.9 Å². The maximum atomic E-state index is 13.1. The van der Waals surface area contributed by atoms with E-state index in [9.17, 15) is 32.9 Å². The van der Waals surface area contributed by atoms with E-state index in [2.05, 4.69) is 4.98 Å². The predicted octanol–water partition coefficient (Wildman–Crippen LogP) is 3.55. The summed E-state index contributed by atoms with van der Waals surface area (Å²) in [5.74, 6) is 0.210. The lowest BCUT2D eigenvalue weighted by Gasteiger charge is -2.35. The highest BCUT2D eigenvalue weighted by Gasteiger charge is 2.34. The molecule has 0 unspecified atom stereocenters. The van der Waals surface area contributed by atoms with E-state index < -0.39 is 33.3 Å². The number of anilines is 1. The van der Waals surface area contributed by atoms with Crippen molar-refractivity contribution in [1.82, 2.24) is 9.88 Å². The number of nitro benzene ring substituents is 1. The van der Waals surface area contributed by atoms with Gasteiger partial charge in [-0.2, -0.15) is 18.2 Å².